The number of benzene rings is 1. The van der Waals surface area contributed by atoms with E-state index in [2.05, 4.69) is 12.6 Å². The number of ether oxygens (including phenoxy) is 1. The van der Waals surface area contributed by atoms with Crippen molar-refractivity contribution in [3.63, 3.8) is 0 Å². The number of rotatable bonds is 3. The molecule has 0 amide bonds. The van der Waals surface area contributed by atoms with Crippen molar-refractivity contribution in [2.24, 2.45) is 0 Å². The van der Waals surface area contributed by atoms with Gasteiger partial charge in [0.2, 0.25) is 0 Å². The molecule has 0 saturated heterocycles. The van der Waals surface area contributed by atoms with Crippen molar-refractivity contribution in [3.8, 4) is 5.75 Å². The minimum atomic E-state index is -0.390. The molecule has 1 aliphatic rings. The molecule has 2 nitrogen and oxygen atoms in total. The average Bonchev–Trinajstić information content (AvgIpc) is 2.64. The van der Waals surface area contributed by atoms with Crippen LogP contribution < -0.4 is 4.74 Å². The van der Waals surface area contributed by atoms with Crippen molar-refractivity contribution in [2.45, 2.75) is 18.9 Å². The van der Waals surface area contributed by atoms with E-state index in [4.69, 9.17) is 4.74 Å². The van der Waals surface area contributed by atoms with Gasteiger partial charge >= 0.3 is 0 Å². The molecule has 0 bridgehead atoms. The summed E-state index contributed by atoms with van der Waals surface area (Å²) in [5.74, 6) is 1.67. The van der Waals surface area contributed by atoms with Crippen molar-refractivity contribution in [3.05, 3.63) is 29.3 Å². The fourth-order valence-corrected chi connectivity index (χ4v) is 1.95. The van der Waals surface area contributed by atoms with Gasteiger partial charge in [0, 0.05) is 6.42 Å². The molecule has 2 rings (SSSR count). The van der Waals surface area contributed by atoms with Crippen LogP contribution in [0.1, 0.15) is 23.7 Å². The summed E-state index contributed by atoms with van der Waals surface area (Å²) in [4.78, 5) is 0. The Balaban J connectivity index is 2.19. The molecule has 1 aromatic rings. The maximum absolute atomic E-state index is 9.76. The number of aliphatic hydroxyl groups is 1. The molecule has 0 radical (unpaired) electrons. The molecule has 0 saturated carbocycles. The Morgan fingerprint density at radius 1 is 1.50 bits per heavy atom. The lowest BCUT2D eigenvalue weighted by Gasteiger charge is -2.10. The van der Waals surface area contributed by atoms with Gasteiger partial charge in [-0.15, -0.1) is 0 Å². The van der Waals surface area contributed by atoms with E-state index in [1.807, 2.05) is 18.2 Å². The SMILES string of the molecule is OC(CCS)c1ccc2c(c1)CCO2. The molecule has 0 aromatic heterocycles. The molecule has 1 atom stereocenters. The molecular formula is C11H14O2S. The average molecular weight is 210 g/mol. The molecule has 1 aliphatic heterocycles. The monoisotopic (exact) mass is 210 g/mol. The summed E-state index contributed by atoms with van der Waals surface area (Å²) < 4.78 is 5.40. The number of thiol groups is 1. The second kappa shape index (κ2) is 4.24. The summed E-state index contributed by atoms with van der Waals surface area (Å²) in [6.07, 6.45) is 1.26. The molecule has 0 spiro atoms. The van der Waals surface area contributed by atoms with Crippen LogP contribution in [0.5, 0.6) is 5.75 Å². The van der Waals surface area contributed by atoms with Crippen molar-refractivity contribution in [1.82, 2.24) is 0 Å². The highest BCUT2D eigenvalue weighted by molar-refractivity contribution is 7.80. The smallest absolute Gasteiger partial charge is 0.122 e. The first-order valence-electron chi connectivity index (χ1n) is 4.86. The van der Waals surface area contributed by atoms with Crippen LogP contribution in [-0.4, -0.2) is 17.5 Å². The molecule has 76 valence electrons. The van der Waals surface area contributed by atoms with Crippen molar-refractivity contribution in [2.75, 3.05) is 12.4 Å². The predicted octanol–water partition coefficient (Wildman–Crippen LogP) is 1.97. The first kappa shape index (κ1) is 9.87. The highest BCUT2D eigenvalue weighted by Gasteiger charge is 2.14. The van der Waals surface area contributed by atoms with Crippen LogP contribution in [0.15, 0.2) is 18.2 Å². The lowest BCUT2D eigenvalue weighted by Crippen LogP contribution is -1.98. The van der Waals surface area contributed by atoms with Gasteiger partial charge in [-0.1, -0.05) is 6.07 Å². The Bertz CT molecular complexity index is 325. The highest BCUT2D eigenvalue weighted by atomic mass is 32.1. The molecule has 14 heavy (non-hydrogen) atoms. The molecule has 0 aliphatic carbocycles. The van der Waals surface area contributed by atoms with E-state index in [0.717, 1.165) is 24.3 Å². The van der Waals surface area contributed by atoms with Crippen LogP contribution in [0.2, 0.25) is 0 Å². The van der Waals surface area contributed by atoms with Gasteiger partial charge in [-0.2, -0.15) is 12.6 Å². The van der Waals surface area contributed by atoms with Gasteiger partial charge in [0.25, 0.3) is 0 Å². The van der Waals surface area contributed by atoms with Gasteiger partial charge in [0.1, 0.15) is 5.75 Å². The molecule has 1 unspecified atom stereocenters. The highest BCUT2D eigenvalue weighted by Crippen LogP contribution is 2.29. The van der Waals surface area contributed by atoms with Crippen molar-refractivity contribution in [1.29, 1.82) is 0 Å². The summed E-state index contributed by atoms with van der Waals surface area (Å²) >= 11 is 4.11. The fraction of sp³-hybridized carbons (Fsp3) is 0.455. The third-order valence-corrected chi connectivity index (χ3v) is 2.76. The molecular weight excluding hydrogens is 196 g/mol. The number of fused-ring (bicyclic) bond motifs is 1. The topological polar surface area (TPSA) is 29.5 Å². The maximum Gasteiger partial charge on any atom is 0.122 e. The van der Waals surface area contributed by atoms with Crippen molar-refractivity contribution >= 4 is 12.6 Å². The Labute approximate surface area is 89.3 Å². The van der Waals surface area contributed by atoms with Crippen LogP contribution in [0.4, 0.5) is 0 Å². The van der Waals surface area contributed by atoms with Crippen molar-refractivity contribution < 1.29 is 9.84 Å². The molecule has 1 heterocycles. The second-order valence-corrected chi connectivity index (χ2v) is 3.94. The fourth-order valence-electron chi connectivity index (χ4n) is 1.70. The third kappa shape index (κ3) is 1.88. The largest absolute Gasteiger partial charge is 0.493 e. The Morgan fingerprint density at radius 2 is 2.36 bits per heavy atom. The quantitative estimate of drug-likeness (QED) is 0.747. The number of hydrogen-bond donors (Lipinski definition) is 2. The van der Waals surface area contributed by atoms with E-state index in [1.165, 1.54) is 5.56 Å². The zero-order valence-corrected chi connectivity index (χ0v) is 8.83. The predicted molar refractivity (Wildman–Crippen MR) is 59.1 cm³/mol. The minimum Gasteiger partial charge on any atom is -0.493 e. The minimum absolute atomic E-state index is 0.390. The maximum atomic E-state index is 9.76. The molecule has 0 fully saturated rings. The normalized spacial score (nSPS) is 16.1. The first-order valence-corrected chi connectivity index (χ1v) is 5.49. The number of aliphatic hydroxyl groups excluding tert-OH is 1. The van der Waals surface area contributed by atoms with Gasteiger partial charge in [-0.3, -0.25) is 0 Å². The van der Waals surface area contributed by atoms with E-state index < -0.39 is 6.10 Å². The van der Waals surface area contributed by atoms with E-state index in [-0.39, 0.29) is 0 Å². The third-order valence-electron chi connectivity index (χ3n) is 2.50. The summed E-state index contributed by atoms with van der Waals surface area (Å²) in [6.45, 7) is 0.765. The van der Waals surface area contributed by atoms with E-state index >= 15 is 0 Å². The van der Waals surface area contributed by atoms with E-state index in [9.17, 15) is 5.11 Å². The van der Waals surface area contributed by atoms with Crippen LogP contribution >= 0.6 is 12.6 Å². The van der Waals surface area contributed by atoms with E-state index in [0.29, 0.717) is 12.2 Å². The van der Waals surface area contributed by atoms with Crippen LogP contribution in [0.3, 0.4) is 0 Å². The lowest BCUT2D eigenvalue weighted by atomic mass is 10.0. The zero-order chi connectivity index (χ0) is 9.97. The summed E-state index contributed by atoms with van der Waals surface area (Å²) in [5.41, 5.74) is 2.18. The Hall–Kier alpha value is -0.670. The first-order chi connectivity index (χ1) is 6.81. The van der Waals surface area contributed by atoms with E-state index in [1.54, 1.807) is 0 Å². The van der Waals surface area contributed by atoms with Gasteiger partial charge in [-0.05, 0) is 35.4 Å². The van der Waals surface area contributed by atoms with Gasteiger partial charge in [0.05, 0.1) is 12.7 Å². The Kier molecular flexibility index (Phi) is 2.99. The van der Waals surface area contributed by atoms with Crippen LogP contribution in [0.25, 0.3) is 0 Å². The lowest BCUT2D eigenvalue weighted by molar-refractivity contribution is 0.175. The standard InChI is InChI=1S/C11H14O2S/c12-10(4-6-14)8-1-2-11-9(7-8)3-5-13-11/h1-2,7,10,12,14H,3-6H2. The van der Waals surface area contributed by atoms with Crippen LogP contribution in [-0.2, 0) is 6.42 Å². The molecule has 1 N–H and O–H groups in total. The van der Waals surface area contributed by atoms with Gasteiger partial charge in [-0.25, -0.2) is 0 Å². The van der Waals surface area contributed by atoms with Crippen LogP contribution in [0, 0.1) is 0 Å². The summed E-state index contributed by atoms with van der Waals surface area (Å²) in [5, 5.41) is 9.76. The van der Waals surface area contributed by atoms with Gasteiger partial charge in [0.15, 0.2) is 0 Å². The number of hydrogen-bond acceptors (Lipinski definition) is 3. The summed E-state index contributed by atoms with van der Waals surface area (Å²) in [7, 11) is 0. The Morgan fingerprint density at radius 3 is 3.14 bits per heavy atom. The molecule has 3 heteroatoms. The van der Waals surface area contributed by atoms with Gasteiger partial charge < -0.3 is 9.84 Å². The molecule has 1 aromatic carbocycles. The summed E-state index contributed by atoms with van der Waals surface area (Å²) in [6, 6.07) is 5.91. The zero-order valence-electron chi connectivity index (χ0n) is 7.94. The second-order valence-electron chi connectivity index (χ2n) is 3.49.